The van der Waals surface area contributed by atoms with E-state index < -0.39 is 4.92 Å². The van der Waals surface area contributed by atoms with Crippen molar-refractivity contribution in [2.75, 3.05) is 0 Å². The third-order valence-electron chi connectivity index (χ3n) is 2.41. The monoisotopic (exact) mass is 275 g/mol. The lowest BCUT2D eigenvalue weighted by molar-refractivity contribution is -0.385. The van der Waals surface area contributed by atoms with Crippen LogP contribution in [0, 0.1) is 16.0 Å². The zero-order chi connectivity index (χ0) is 13.0. The van der Waals surface area contributed by atoms with Crippen LogP contribution in [0.5, 0.6) is 0 Å². The number of benzene rings is 1. The molecule has 0 radical (unpaired) electrons. The lowest BCUT2D eigenvalue weighted by Gasteiger charge is -2.12. The summed E-state index contributed by atoms with van der Waals surface area (Å²) in [6.45, 7) is 4.15. The summed E-state index contributed by atoms with van der Waals surface area (Å²) in [5.41, 5.74) is 0.687. The summed E-state index contributed by atoms with van der Waals surface area (Å²) < 4.78 is 0. The van der Waals surface area contributed by atoms with E-state index >= 15 is 0 Å². The van der Waals surface area contributed by atoms with Gasteiger partial charge < -0.3 is 0 Å². The van der Waals surface area contributed by atoms with Crippen molar-refractivity contribution in [3.05, 3.63) is 38.9 Å². The summed E-state index contributed by atoms with van der Waals surface area (Å²) in [6.07, 6.45) is 1.33. The number of rotatable bonds is 5. The SMILES string of the molecule is CC(C)CC(Cl)Cc1ccc(Cl)cc1[N+](=O)[O-]. The second kappa shape index (κ2) is 6.22. The molecule has 0 saturated carbocycles. The fraction of sp³-hybridized carbons (Fsp3) is 0.500. The number of nitrogens with zero attached hydrogens (tertiary/aromatic N) is 1. The molecule has 0 aliphatic heterocycles. The highest BCUT2D eigenvalue weighted by molar-refractivity contribution is 6.30. The Morgan fingerprint density at radius 3 is 2.59 bits per heavy atom. The Hall–Kier alpha value is -0.800. The predicted molar refractivity (Wildman–Crippen MR) is 70.9 cm³/mol. The third kappa shape index (κ3) is 4.52. The van der Waals surface area contributed by atoms with Gasteiger partial charge in [-0.1, -0.05) is 31.5 Å². The van der Waals surface area contributed by atoms with Gasteiger partial charge in [-0.15, -0.1) is 11.6 Å². The molecule has 0 aromatic heterocycles. The van der Waals surface area contributed by atoms with Gasteiger partial charge in [-0.05, 0) is 24.8 Å². The Bertz CT molecular complexity index is 407. The molecule has 17 heavy (non-hydrogen) atoms. The number of halogens is 2. The van der Waals surface area contributed by atoms with Crippen LogP contribution in [-0.2, 0) is 6.42 Å². The van der Waals surface area contributed by atoms with Gasteiger partial charge in [0.05, 0.1) is 4.92 Å². The minimum atomic E-state index is -0.416. The number of hydrogen-bond acceptors (Lipinski definition) is 2. The van der Waals surface area contributed by atoms with E-state index in [1.165, 1.54) is 6.07 Å². The summed E-state index contributed by atoms with van der Waals surface area (Å²) in [5, 5.41) is 11.2. The molecule has 5 heteroatoms. The van der Waals surface area contributed by atoms with E-state index in [1.807, 2.05) is 0 Å². The molecule has 0 spiro atoms. The average Bonchev–Trinajstić information content (AvgIpc) is 2.19. The Morgan fingerprint density at radius 1 is 1.41 bits per heavy atom. The first-order valence-corrected chi connectivity index (χ1v) is 6.28. The van der Waals surface area contributed by atoms with E-state index in [0.29, 0.717) is 22.9 Å². The second-order valence-corrected chi connectivity index (χ2v) is 5.51. The zero-order valence-corrected chi connectivity index (χ0v) is 11.3. The van der Waals surface area contributed by atoms with Crippen LogP contribution < -0.4 is 0 Å². The first-order valence-electron chi connectivity index (χ1n) is 5.47. The lowest BCUT2D eigenvalue weighted by atomic mass is 10.0. The molecule has 0 heterocycles. The van der Waals surface area contributed by atoms with Crippen LogP contribution in [0.4, 0.5) is 5.69 Å². The molecule has 3 nitrogen and oxygen atoms in total. The van der Waals surface area contributed by atoms with Gasteiger partial charge in [0, 0.05) is 22.0 Å². The van der Waals surface area contributed by atoms with Crippen molar-refractivity contribution in [2.45, 2.75) is 32.1 Å². The molecule has 0 bridgehead atoms. The van der Waals surface area contributed by atoms with Crippen LogP contribution >= 0.6 is 23.2 Å². The quantitative estimate of drug-likeness (QED) is 0.453. The van der Waals surface area contributed by atoms with Gasteiger partial charge in [0.2, 0.25) is 0 Å². The van der Waals surface area contributed by atoms with Gasteiger partial charge in [-0.3, -0.25) is 10.1 Å². The third-order valence-corrected chi connectivity index (χ3v) is 2.98. The maximum Gasteiger partial charge on any atom is 0.274 e. The van der Waals surface area contributed by atoms with Gasteiger partial charge in [0.1, 0.15) is 0 Å². The van der Waals surface area contributed by atoms with Crippen LogP contribution in [0.2, 0.25) is 5.02 Å². The fourth-order valence-corrected chi connectivity index (χ4v) is 2.40. The largest absolute Gasteiger partial charge is 0.274 e. The Morgan fingerprint density at radius 2 is 2.06 bits per heavy atom. The number of nitro groups is 1. The number of nitro benzene ring substituents is 1. The normalized spacial score (nSPS) is 12.8. The van der Waals surface area contributed by atoms with Crippen LogP contribution in [0.15, 0.2) is 18.2 Å². The zero-order valence-electron chi connectivity index (χ0n) is 9.82. The Kier molecular flexibility index (Phi) is 5.22. The second-order valence-electron chi connectivity index (χ2n) is 4.46. The Balaban J connectivity index is 2.86. The van der Waals surface area contributed by atoms with Crippen molar-refractivity contribution in [3.63, 3.8) is 0 Å². The fourth-order valence-electron chi connectivity index (χ4n) is 1.71. The van der Waals surface area contributed by atoms with Crippen molar-refractivity contribution in [1.82, 2.24) is 0 Å². The van der Waals surface area contributed by atoms with Crippen molar-refractivity contribution >= 4 is 28.9 Å². The highest BCUT2D eigenvalue weighted by Gasteiger charge is 2.17. The molecule has 1 aromatic rings. The van der Waals surface area contributed by atoms with Crippen LogP contribution in [0.1, 0.15) is 25.8 Å². The van der Waals surface area contributed by atoms with Gasteiger partial charge in [-0.2, -0.15) is 0 Å². The topological polar surface area (TPSA) is 43.1 Å². The van der Waals surface area contributed by atoms with Gasteiger partial charge in [-0.25, -0.2) is 0 Å². The summed E-state index contributed by atoms with van der Waals surface area (Å²) in [7, 11) is 0. The summed E-state index contributed by atoms with van der Waals surface area (Å²) in [6, 6.07) is 4.70. The number of alkyl halides is 1. The van der Waals surface area contributed by atoms with E-state index in [1.54, 1.807) is 12.1 Å². The molecule has 0 N–H and O–H groups in total. The van der Waals surface area contributed by atoms with Crippen LogP contribution in [0.3, 0.4) is 0 Å². The molecule has 0 aliphatic carbocycles. The van der Waals surface area contributed by atoms with Gasteiger partial charge in [0.25, 0.3) is 5.69 Å². The van der Waals surface area contributed by atoms with E-state index in [-0.39, 0.29) is 11.1 Å². The summed E-state index contributed by atoms with van der Waals surface area (Å²) in [4.78, 5) is 10.5. The van der Waals surface area contributed by atoms with Crippen LogP contribution in [-0.4, -0.2) is 10.3 Å². The molecule has 1 atom stereocenters. The summed E-state index contributed by atoms with van der Waals surface area (Å²) in [5.74, 6) is 0.476. The van der Waals surface area contributed by atoms with E-state index in [9.17, 15) is 10.1 Å². The molecule has 0 aliphatic rings. The van der Waals surface area contributed by atoms with Gasteiger partial charge in [0.15, 0.2) is 0 Å². The maximum atomic E-state index is 10.9. The molecule has 0 amide bonds. The minimum absolute atomic E-state index is 0.0481. The smallest absolute Gasteiger partial charge is 0.258 e. The summed E-state index contributed by atoms with van der Waals surface area (Å²) >= 11 is 11.9. The molecular formula is C12H15Cl2NO2. The van der Waals surface area contributed by atoms with Crippen molar-refractivity contribution in [3.8, 4) is 0 Å². The average molecular weight is 276 g/mol. The highest BCUT2D eigenvalue weighted by atomic mass is 35.5. The van der Waals surface area contributed by atoms with Gasteiger partial charge >= 0.3 is 0 Å². The van der Waals surface area contributed by atoms with Crippen molar-refractivity contribution in [1.29, 1.82) is 0 Å². The molecule has 1 unspecified atom stereocenters. The van der Waals surface area contributed by atoms with Crippen LogP contribution in [0.25, 0.3) is 0 Å². The number of hydrogen-bond donors (Lipinski definition) is 0. The van der Waals surface area contributed by atoms with Crippen molar-refractivity contribution in [2.24, 2.45) is 5.92 Å². The molecule has 94 valence electrons. The van der Waals surface area contributed by atoms with E-state index in [2.05, 4.69) is 13.8 Å². The molecule has 0 fully saturated rings. The first-order chi connectivity index (χ1) is 7.90. The van der Waals surface area contributed by atoms with Crippen molar-refractivity contribution < 1.29 is 4.92 Å². The minimum Gasteiger partial charge on any atom is -0.258 e. The molecule has 0 saturated heterocycles. The standard InChI is InChI=1S/C12H15Cl2NO2/c1-8(2)5-11(14)6-9-3-4-10(13)7-12(9)15(16)17/h3-4,7-8,11H,5-6H2,1-2H3. The molecule has 1 aromatic carbocycles. The Labute approximate surface area is 111 Å². The van der Waals surface area contributed by atoms with E-state index in [0.717, 1.165) is 6.42 Å². The molecule has 1 rings (SSSR count). The predicted octanol–water partition coefficient (Wildman–Crippen LogP) is 4.44. The molecular weight excluding hydrogens is 261 g/mol. The highest BCUT2D eigenvalue weighted by Crippen LogP contribution is 2.26. The first kappa shape index (κ1) is 14.3. The van der Waals surface area contributed by atoms with E-state index in [4.69, 9.17) is 23.2 Å². The maximum absolute atomic E-state index is 10.9. The lowest BCUT2D eigenvalue weighted by Crippen LogP contribution is -2.08.